The molecule has 7 heteroatoms. The number of aromatic nitrogens is 1. The van der Waals surface area contributed by atoms with Gasteiger partial charge >= 0.3 is 0 Å². The SMILES string of the molecule is CCN(C)c1ccc(CN2CCCC(CNC(=O)C3CCCN3)C2)cn1.Cl. The number of nitrogens with one attached hydrogen (secondary N) is 2. The van der Waals surface area contributed by atoms with Crippen molar-refractivity contribution in [1.82, 2.24) is 20.5 Å². The van der Waals surface area contributed by atoms with Gasteiger partial charge in [-0.25, -0.2) is 4.98 Å². The van der Waals surface area contributed by atoms with Crippen LogP contribution in [-0.2, 0) is 11.3 Å². The van der Waals surface area contributed by atoms with E-state index in [0.29, 0.717) is 5.92 Å². The molecule has 0 bridgehead atoms. The van der Waals surface area contributed by atoms with Crippen molar-refractivity contribution >= 4 is 24.1 Å². The number of carbonyl (C=O) groups is 1. The summed E-state index contributed by atoms with van der Waals surface area (Å²) < 4.78 is 0. The van der Waals surface area contributed by atoms with Gasteiger partial charge in [-0.05, 0) is 63.2 Å². The number of likely N-dealkylation sites (tertiary alicyclic amines) is 1. The first-order valence-electron chi connectivity index (χ1n) is 10.0. The Morgan fingerprint density at radius 3 is 2.89 bits per heavy atom. The van der Waals surface area contributed by atoms with Crippen molar-refractivity contribution in [3.63, 3.8) is 0 Å². The van der Waals surface area contributed by atoms with Crippen LogP contribution in [0.3, 0.4) is 0 Å². The Morgan fingerprint density at radius 2 is 2.22 bits per heavy atom. The molecule has 0 radical (unpaired) electrons. The van der Waals surface area contributed by atoms with Crippen molar-refractivity contribution in [2.45, 2.75) is 45.2 Å². The molecule has 1 aromatic heterocycles. The molecule has 3 rings (SSSR count). The summed E-state index contributed by atoms with van der Waals surface area (Å²) in [7, 11) is 2.06. The highest BCUT2D eigenvalue weighted by Crippen LogP contribution is 2.19. The molecule has 0 saturated carbocycles. The minimum Gasteiger partial charge on any atom is -0.360 e. The van der Waals surface area contributed by atoms with Crippen LogP contribution >= 0.6 is 12.4 Å². The summed E-state index contributed by atoms with van der Waals surface area (Å²) in [6, 6.07) is 4.32. The minimum absolute atomic E-state index is 0. The zero-order valence-corrected chi connectivity index (χ0v) is 17.4. The van der Waals surface area contributed by atoms with E-state index >= 15 is 0 Å². The van der Waals surface area contributed by atoms with Gasteiger partial charge in [0.2, 0.25) is 5.91 Å². The van der Waals surface area contributed by atoms with Crippen LogP contribution < -0.4 is 15.5 Å². The van der Waals surface area contributed by atoms with Crippen molar-refractivity contribution in [3.8, 4) is 0 Å². The molecular formula is C20H34ClN5O. The van der Waals surface area contributed by atoms with E-state index < -0.39 is 0 Å². The van der Waals surface area contributed by atoms with Gasteiger partial charge in [-0.2, -0.15) is 0 Å². The van der Waals surface area contributed by atoms with Crippen LogP contribution in [0, 0.1) is 5.92 Å². The second kappa shape index (κ2) is 10.8. The van der Waals surface area contributed by atoms with Crippen molar-refractivity contribution < 1.29 is 4.79 Å². The molecular weight excluding hydrogens is 362 g/mol. The fourth-order valence-corrected chi connectivity index (χ4v) is 3.89. The minimum atomic E-state index is 0. The Labute approximate surface area is 169 Å². The first-order chi connectivity index (χ1) is 12.7. The molecule has 2 aliphatic heterocycles. The van der Waals surface area contributed by atoms with Crippen molar-refractivity contribution in [2.75, 3.05) is 44.7 Å². The molecule has 1 amide bonds. The van der Waals surface area contributed by atoms with Crippen molar-refractivity contribution in [3.05, 3.63) is 23.9 Å². The van der Waals surface area contributed by atoms with E-state index in [-0.39, 0.29) is 24.4 Å². The predicted molar refractivity (Wildman–Crippen MR) is 112 cm³/mol. The van der Waals surface area contributed by atoms with E-state index in [1.54, 1.807) is 0 Å². The summed E-state index contributed by atoms with van der Waals surface area (Å²) in [5.41, 5.74) is 1.26. The zero-order valence-electron chi connectivity index (χ0n) is 16.6. The highest BCUT2D eigenvalue weighted by Gasteiger charge is 2.24. The van der Waals surface area contributed by atoms with Gasteiger partial charge in [-0.1, -0.05) is 6.07 Å². The topological polar surface area (TPSA) is 60.5 Å². The van der Waals surface area contributed by atoms with Crippen molar-refractivity contribution in [2.24, 2.45) is 5.92 Å². The Morgan fingerprint density at radius 1 is 1.37 bits per heavy atom. The normalized spacial score (nSPS) is 22.9. The van der Waals surface area contributed by atoms with Crippen LogP contribution in [0.4, 0.5) is 5.82 Å². The van der Waals surface area contributed by atoms with Crippen LogP contribution in [-0.4, -0.2) is 61.6 Å². The third kappa shape index (κ3) is 6.33. The summed E-state index contributed by atoms with van der Waals surface area (Å²) in [5.74, 6) is 1.75. The number of nitrogens with zero attached hydrogens (tertiary/aromatic N) is 3. The molecule has 2 saturated heterocycles. The summed E-state index contributed by atoms with van der Waals surface area (Å²) in [6.07, 6.45) is 6.48. The number of anilines is 1. The number of piperidine rings is 1. The third-order valence-corrected chi connectivity index (χ3v) is 5.63. The highest BCUT2D eigenvalue weighted by atomic mass is 35.5. The first-order valence-corrected chi connectivity index (χ1v) is 10.0. The van der Waals surface area contributed by atoms with E-state index in [1.165, 1.54) is 18.4 Å². The number of carbonyl (C=O) groups excluding carboxylic acids is 1. The lowest BCUT2D eigenvalue weighted by Gasteiger charge is -2.33. The average molecular weight is 396 g/mol. The molecule has 3 heterocycles. The lowest BCUT2D eigenvalue weighted by molar-refractivity contribution is -0.123. The quantitative estimate of drug-likeness (QED) is 0.739. The van der Waals surface area contributed by atoms with Crippen LogP contribution in [0.25, 0.3) is 0 Å². The first kappa shape index (κ1) is 21.9. The van der Waals surface area contributed by atoms with Gasteiger partial charge in [0.05, 0.1) is 6.04 Å². The molecule has 0 spiro atoms. The highest BCUT2D eigenvalue weighted by molar-refractivity contribution is 5.85. The third-order valence-electron chi connectivity index (χ3n) is 5.63. The van der Waals surface area contributed by atoms with Gasteiger partial charge in [-0.3, -0.25) is 9.69 Å². The second-order valence-corrected chi connectivity index (χ2v) is 7.68. The van der Waals surface area contributed by atoms with Crippen LogP contribution in [0.2, 0.25) is 0 Å². The maximum atomic E-state index is 12.2. The monoisotopic (exact) mass is 395 g/mol. The Hall–Kier alpha value is -1.37. The fraction of sp³-hybridized carbons (Fsp3) is 0.700. The number of rotatable bonds is 7. The molecule has 2 N–H and O–H groups in total. The summed E-state index contributed by atoms with van der Waals surface area (Å²) in [4.78, 5) is 21.4. The van der Waals surface area contributed by atoms with Gasteiger partial charge in [0.1, 0.15) is 5.82 Å². The number of halogens is 1. The second-order valence-electron chi connectivity index (χ2n) is 7.68. The Bertz CT molecular complexity index is 576. The molecule has 27 heavy (non-hydrogen) atoms. The predicted octanol–water partition coefficient (Wildman–Crippen LogP) is 2.04. The van der Waals surface area contributed by atoms with Crippen LogP contribution in [0.5, 0.6) is 0 Å². The molecule has 6 nitrogen and oxygen atoms in total. The molecule has 2 aliphatic rings. The summed E-state index contributed by atoms with van der Waals surface area (Å²) in [5, 5.41) is 6.43. The van der Waals surface area contributed by atoms with Gasteiger partial charge in [0, 0.05) is 39.4 Å². The van der Waals surface area contributed by atoms with E-state index in [4.69, 9.17) is 0 Å². The number of hydrogen-bond acceptors (Lipinski definition) is 5. The van der Waals surface area contributed by atoms with Crippen LogP contribution in [0.1, 0.15) is 38.2 Å². The maximum Gasteiger partial charge on any atom is 0.237 e. The Balaban J connectivity index is 0.00000261. The number of hydrogen-bond donors (Lipinski definition) is 2. The molecule has 0 aliphatic carbocycles. The smallest absolute Gasteiger partial charge is 0.237 e. The lowest BCUT2D eigenvalue weighted by atomic mass is 9.97. The van der Waals surface area contributed by atoms with Gasteiger partial charge in [-0.15, -0.1) is 12.4 Å². The largest absolute Gasteiger partial charge is 0.360 e. The van der Waals surface area contributed by atoms with E-state index in [1.807, 2.05) is 6.20 Å². The molecule has 2 atom stereocenters. The standard InChI is InChI=1S/C20H33N5O.ClH/c1-3-24(2)19-9-8-17(12-22-19)15-25-11-5-6-16(14-25)13-23-20(26)18-7-4-10-21-18;/h8-9,12,16,18,21H,3-7,10-11,13-15H2,1-2H3,(H,23,26);1H. The van der Waals surface area contributed by atoms with Gasteiger partial charge < -0.3 is 15.5 Å². The van der Waals surface area contributed by atoms with Crippen LogP contribution in [0.15, 0.2) is 18.3 Å². The molecule has 1 aromatic rings. The van der Waals surface area contributed by atoms with E-state index in [2.05, 4.69) is 51.5 Å². The number of amides is 1. The maximum absolute atomic E-state index is 12.2. The van der Waals surface area contributed by atoms with E-state index in [0.717, 1.165) is 57.9 Å². The van der Waals surface area contributed by atoms with E-state index in [9.17, 15) is 4.79 Å². The lowest BCUT2D eigenvalue weighted by Crippen LogP contribution is -2.45. The Kier molecular flexibility index (Phi) is 8.80. The summed E-state index contributed by atoms with van der Waals surface area (Å²) >= 11 is 0. The van der Waals surface area contributed by atoms with Crippen molar-refractivity contribution in [1.29, 1.82) is 0 Å². The molecule has 0 aromatic carbocycles. The molecule has 2 fully saturated rings. The zero-order chi connectivity index (χ0) is 18.4. The fourth-order valence-electron chi connectivity index (χ4n) is 3.89. The molecule has 152 valence electrons. The van der Waals surface area contributed by atoms with Gasteiger partial charge in [0.25, 0.3) is 0 Å². The van der Waals surface area contributed by atoms with Gasteiger partial charge in [0.15, 0.2) is 0 Å². The average Bonchev–Trinajstić information content (AvgIpc) is 3.21. The molecule has 2 unspecified atom stereocenters. The summed E-state index contributed by atoms with van der Waals surface area (Å²) in [6.45, 7) is 7.98. The number of pyridine rings is 1.